The average molecular weight is 300 g/mol. The monoisotopic (exact) mass is 300 g/mol. The SMILES string of the molecule is Cn1c(Sc2cccc(S(C)(=O)=O)c2N)n[nH]c1=O. The number of aromatic amines is 1. The lowest BCUT2D eigenvalue weighted by Gasteiger charge is -2.08. The van der Waals surface area contributed by atoms with E-state index in [1.807, 2.05) is 0 Å². The number of hydrogen-bond acceptors (Lipinski definition) is 6. The van der Waals surface area contributed by atoms with Crippen molar-refractivity contribution in [1.29, 1.82) is 0 Å². The second-order valence-electron chi connectivity index (χ2n) is 3.91. The van der Waals surface area contributed by atoms with E-state index in [9.17, 15) is 13.2 Å². The maximum Gasteiger partial charge on any atom is 0.343 e. The summed E-state index contributed by atoms with van der Waals surface area (Å²) in [7, 11) is -1.83. The average Bonchev–Trinajstić information content (AvgIpc) is 2.62. The predicted octanol–water partition coefficient (Wildman–Crippen LogP) is 0.245. The second kappa shape index (κ2) is 4.74. The van der Waals surface area contributed by atoms with Gasteiger partial charge in [0.25, 0.3) is 0 Å². The van der Waals surface area contributed by atoms with Gasteiger partial charge in [0.05, 0.1) is 10.6 Å². The van der Waals surface area contributed by atoms with Crippen LogP contribution in [0.15, 0.2) is 37.9 Å². The zero-order valence-corrected chi connectivity index (χ0v) is 11.9. The first-order valence-electron chi connectivity index (χ1n) is 5.18. The molecule has 0 bridgehead atoms. The highest BCUT2D eigenvalue weighted by molar-refractivity contribution is 7.99. The molecule has 2 aromatic rings. The van der Waals surface area contributed by atoms with Crippen LogP contribution in [0.5, 0.6) is 0 Å². The summed E-state index contributed by atoms with van der Waals surface area (Å²) in [4.78, 5) is 11.8. The quantitative estimate of drug-likeness (QED) is 0.786. The molecule has 1 aromatic carbocycles. The predicted molar refractivity (Wildman–Crippen MR) is 71.9 cm³/mol. The van der Waals surface area contributed by atoms with E-state index in [0.717, 1.165) is 18.0 Å². The van der Waals surface area contributed by atoms with Gasteiger partial charge in [-0.1, -0.05) is 6.07 Å². The number of aromatic nitrogens is 3. The molecule has 0 aliphatic rings. The topological polar surface area (TPSA) is 111 Å². The molecule has 2 rings (SSSR count). The van der Waals surface area contributed by atoms with Crippen molar-refractivity contribution < 1.29 is 8.42 Å². The van der Waals surface area contributed by atoms with E-state index in [2.05, 4.69) is 10.2 Å². The van der Waals surface area contributed by atoms with Gasteiger partial charge in [-0.25, -0.2) is 18.3 Å². The van der Waals surface area contributed by atoms with Crippen molar-refractivity contribution in [2.24, 2.45) is 7.05 Å². The second-order valence-corrected chi connectivity index (χ2v) is 6.91. The minimum absolute atomic E-state index is 0.0676. The third kappa shape index (κ3) is 2.66. The number of anilines is 1. The van der Waals surface area contributed by atoms with Crippen molar-refractivity contribution in [3.63, 3.8) is 0 Å². The van der Waals surface area contributed by atoms with Crippen molar-refractivity contribution in [2.45, 2.75) is 14.9 Å². The number of nitrogens with one attached hydrogen (secondary N) is 1. The van der Waals surface area contributed by atoms with Crippen molar-refractivity contribution in [3.8, 4) is 0 Å². The van der Waals surface area contributed by atoms with Crippen LogP contribution < -0.4 is 11.4 Å². The molecule has 0 aliphatic carbocycles. The highest BCUT2D eigenvalue weighted by Crippen LogP contribution is 2.33. The van der Waals surface area contributed by atoms with E-state index >= 15 is 0 Å². The Labute approximate surface area is 113 Å². The van der Waals surface area contributed by atoms with E-state index in [0.29, 0.717) is 10.1 Å². The largest absolute Gasteiger partial charge is 0.397 e. The van der Waals surface area contributed by atoms with Gasteiger partial charge in [-0.3, -0.25) is 4.57 Å². The van der Waals surface area contributed by atoms with E-state index in [1.165, 1.54) is 10.6 Å². The molecular formula is C10H12N4O3S2. The van der Waals surface area contributed by atoms with Gasteiger partial charge in [-0.2, -0.15) is 0 Å². The first kappa shape index (κ1) is 13.7. The van der Waals surface area contributed by atoms with Gasteiger partial charge in [0.15, 0.2) is 15.0 Å². The molecule has 0 amide bonds. The van der Waals surface area contributed by atoms with Crippen LogP contribution in [0.1, 0.15) is 0 Å². The summed E-state index contributed by atoms with van der Waals surface area (Å²) in [5.41, 5.74) is 5.66. The fourth-order valence-electron chi connectivity index (χ4n) is 1.46. The van der Waals surface area contributed by atoms with Gasteiger partial charge in [0, 0.05) is 18.2 Å². The van der Waals surface area contributed by atoms with E-state index in [-0.39, 0.29) is 16.3 Å². The van der Waals surface area contributed by atoms with Gasteiger partial charge in [-0.05, 0) is 23.9 Å². The fraction of sp³-hybridized carbons (Fsp3) is 0.200. The van der Waals surface area contributed by atoms with Crippen molar-refractivity contribution >= 4 is 27.3 Å². The number of hydrogen-bond donors (Lipinski definition) is 2. The minimum atomic E-state index is -3.39. The molecule has 0 aliphatic heterocycles. The summed E-state index contributed by atoms with van der Waals surface area (Å²) < 4.78 is 24.4. The Morgan fingerprint density at radius 1 is 1.42 bits per heavy atom. The molecule has 0 atom stereocenters. The highest BCUT2D eigenvalue weighted by Gasteiger charge is 2.16. The Bertz CT molecular complexity index is 776. The number of nitrogens with zero attached hydrogens (tertiary/aromatic N) is 2. The minimum Gasteiger partial charge on any atom is -0.397 e. The maximum atomic E-state index is 11.6. The molecule has 3 N–H and O–H groups in total. The molecular weight excluding hydrogens is 288 g/mol. The zero-order chi connectivity index (χ0) is 14.2. The third-order valence-corrected chi connectivity index (χ3v) is 4.74. The number of nitrogens with two attached hydrogens (primary N) is 1. The number of benzene rings is 1. The van der Waals surface area contributed by atoms with Crippen LogP contribution in [-0.2, 0) is 16.9 Å². The number of para-hydroxylation sites is 1. The number of rotatable bonds is 3. The standard InChI is InChI=1S/C10H12N4O3S2/c1-14-9(15)12-13-10(14)18-6-4-3-5-7(8(6)11)19(2,16)17/h3-5H,11H2,1-2H3,(H,12,15). The lowest BCUT2D eigenvalue weighted by Crippen LogP contribution is -2.12. The summed E-state index contributed by atoms with van der Waals surface area (Å²) in [6.45, 7) is 0. The van der Waals surface area contributed by atoms with Gasteiger partial charge < -0.3 is 5.73 Å². The Kier molecular flexibility index (Phi) is 3.42. The third-order valence-electron chi connectivity index (χ3n) is 2.47. The van der Waals surface area contributed by atoms with Crippen molar-refractivity contribution in [2.75, 3.05) is 12.0 Å². The Balaban J connectivity index is 2.48. The highest BCUT2D eigenvalue weighted by atomic mass is 32.2. The molecule has 0 fully saturated rings. The summed E-state index contributed by atoms with van der Waals surface area (Å²) in [6.07, 6.45) is 1.09. The first-order valence-corrected chi connectivity index (χ1v) is 7.89. The molecule has 19 heavy (non-hydrogen) atoms. The molecule has 0 spiro atoms. The molecule has 0 saturated heterocycles. The van der Waals surface area contributed by atoms with Gasteiger partial charge >= 0.3 is 5.69 Å². The molecule has 102 valence electrons. The molecule has 1 heterocycles. The van der Waals surface area contributed by atoms with Crippen molar-refractivity contribution in [3.05, 3.63) is 28.7 Å². The number of nitrogen functional groups attached to an aromatic ring is 1. The normalized spacial score (nSPS) is 11.7. The fourth-order valence-corrected chi connectivity index (χ4v) is 3.23. The lowest BCUT2D eigenvalue weighted by atomic mass is 10.3. The summed E-state index contributed by atoms with van der Waals surface area (Å²) in [5.74, 6) is 0. The van der Waals surface area contributed by atoms with Crippen molar-refractivity contribution in [1.82, 2.24) is 14.8 Å². The van der Waals surface area contributed by atoms with Crippen LogP contribution in [0.2, 0.25) is 0 Å². The molecule has 9 heteroatoms. The van der Waals surface area contributed by atoms with Crippen LogP contribution >= 0.6 is 11.8 Å². The van der Waals surface area contributed by atoms with E-state index in [4.69, 9.17) is 5.73 Å². The Hall–Kier alpha value is -1.74. The summed E-state index contributed by atoms with van der Waals surface area (Å²) >= 11 is 1.12. The molecule has 1 aromatic heterocycles. The van der Waals surface area contributed by atoms with Gasteiger partial charge in [0.1, 0.15) is 0 Å². The van der Waals surface area contributed by atoms with E-state index < -0.39 is 9.84 Å². The van der Waals surface area contributed by atoms with Crippen LogP contribution in [-0.4, -0.2) is 29.4 Å². The van der Waals surface area contributed by atoms with Crippen LogP contribution in [0.4, 0.5) is 5.69 Å². The summed E-state index contributed by atoms with van der Waals surface area (Å²) in [5, 5.41) is 6.53. The molecule has 0 saturated carbocycles. The Morgan fingerprint density at radius 3 is 2.63 bits per heavy atom. The Morgan fingerprint density at radius 2 is 2.11 bits per heavy atom. The number of H-pyrrole nitrogens is 1. The van der Waals surface area contributed by atoms with Gasteiger partial charge in [-0.15, -0.1) is 5.10 Å². The summed E-state index contributed by atoms with van der Waals surface area (Å²) in [6, 6.07) is 4.71. The first-order chi connectivity index (χ1) is 8.80. The van der Waals surface area contributed by atoms with E-state index in [1.54, 1.807) is 19.2 Å². The van der Waals surface area contributed by atoms with Crippen LogP contribution in [0, 0.1) is 0 Å². The van der Waals surface area contributed by atoms with Crippen LogP contribution in [0.25, 0.3) is 0 Å². The lowest BCUT2D eigenvalue weighted by molar-refractivity contribution is 0.602. The zero-order valence-electron chi connectivity index (χ0n) is 10.2. The molecule has 7 nitrogen and oxygen atoms in total. The smallest absolute Gasteiger partial charge is 0.343 e. The van der Waals surface area contributed by atoms with Gasteiger partial charge in [0.2, 0.25) is 0 Å². The molecule has 0 radical (unpaired) electrons. The molecule has 0 unspecified atom stereocenters. The maximum absolute atomic E-state index is 11.6. The number of sulfone groups is 1. The van der Waals surface area contributed by atoms with Crippen LogP contribution in [0.3, 0.4) is 0 Å².